The SMILES string of the molecule is CC(C)C(N)C(C)C.Cl. The molecule has 0 amide bonds. The molecule has 0 radical (unpaired) electrons. The van der Waals surface area contributed by atoms with Crippen LogP contribution in [0.5, 0.6) is 0 Å². The number of halogens is 1. The molecule has 0 saturated heterocycles. The van der Waals surface area contributed by atoms with Crippen LogP contribution >= 0.6 is 12.4 Å². The van der Waals surface area contributed by atoms with Crippen molar-refractivity contribution < 1.29 is 0 Å². The molecule has 2 heteroatoms. The Morgan fingerprint density at radius 1 is 0.889 bits per heavy atom. The van der Waals surface area contributed by atoms with Crippen molar-refractivity contribution in [2.75, 3.05) is 0 Å². The summed E-state index contributed by atoms with van der Waals surface area (Å²) < 4.78 is 0. The molecule has 0 aliphatic heterocycles. The predicted octanol–water partition coefficient (Wildman–Crippen LogP) is 2.05. The molecule has 9 heavy (non-hydrogen) atoms. The normalized spacial score (nSPS) is 10.7. The van der Waals surface area contributed by atoms with Crippen molar-refractivity contribution in [3.8, 4) is 0 Å². The van der Waals surface area contributed by atoms with Crippen LogP contribution in [0.1, 0.15) is 27.7 Å². The fourth-order valence-corrected chi connectivity index (χ4v) is 0.770. The quantitative estimate of drug-likeness (QED) is 0.643. The van der Waals surface area contributed by atoms with Gasteiger partial charge in [0.2, 0.25) is 0 Å². The molecule has 0 unspecified atom stereocenters. The van der Waals surface area contributed by atoms with Crippen molar-refractivity contribution in [3.63, 3.8) is 0 Å². The molecule has 58 valence electrons. The second kappa shape index (κ2) is 5.07. The summed E-state index contributed by atoms with van der Waals surface area (Å²) in [7, 11) is 0. The Morgan fingerprint density at radius 3 is 1.11 bits per heavy atom. The van der Waals surface area contributed by atoms with E-state index in [4.69, 9.17) is 5.73 Å². The minimum Gasteiger partial charge on any atom is -0.327 e. The Hall–Kier alpha value is 0.250. The van der Waals surface area contributed by atoms with Crippen molar-refractivity contribution in [1.82, 2.24) is 0 Å². The van der Waals surface area contributed by atoms with E-state index in [0.29, 0.717) is 17.9 Å². The third-order valence-electron chi connectivity index (χ3n) is 1.54. The third-order valence-corrected chi connectivity index (χ3v) is 1.54. The van der Waals surface area contributed by atoms with Crippen LogP contribution < -0.4 is 5.73 Å². The highest BCUT2D eigenvalue weighted by molar-refractivity contribution is 5.85. The summed E-state index contributed by atoms with van der Waals surface area (Å²) in [6.45, 7) is 8.63. The van der Waals surface area contributed by atoms with Gasteiger partial charge < -0.3 is 5.73 Å². The summed E-state index contributed by atoms with van der Waals surface area (Å²) in [5, 5.41) is 0. The van der Waals surface area contributed by atoms with Gasteiger partial charge in [0.15, 0.2) is 0 Å². The lowest BCUT2D eigenvalue weighted by Crippen LogP contribution is -2.31. The molecule has 0 saturated carbocycles. The van der Waals surface area contributed by atoms with Crippen LogP contribution in [0.25, 0.3) is 0 Å². The fraction of sp³-hybridized carbons (Fsp3) is 1.00. The fourth-order valence-electron chi connectivity index (χ4n) is 0.770. The maximum atomic E-state index is 5.76. The molecule has 0 aliphatic rings. The zero-order chi connectivity index (χ0) is 6.73. The molecule has 2 N–H and O–H groups in total. The minimum atomic E-state index is 0. The molecular weight excluding hydrogens is 134 g/mol. The van der Waals surface area contributed by atoms with Gasteiger partial charge in [0.05, 0.1) is 0 Å². The Balaban J connectivity index is 0. The van der Waals surface area contributed by atoms with Crippen molar-refractivity contribution in [2.24, 2.45) is 17.6 Å². The molecular formula is C7H18ClN. The molecule has 0 heterocycles. The zero-order valence-corrected chi connectivity index (χ0v) is 7.53. The molecule has 0 aliphatic carbocycles. The standard InChI is InChI=1S/C7H17N.ClH/c1-5(2)7(8)6(3)4;/h5-7H,8H2,1-4H3;1H. The first-order valence-electron chi connectivity index (χ1n) is 3.31. The highest BCUT2D eigenvalue weighted by Crippen LogP contribution is 2.07. The predicted molar refractivity (Wildman–Crippen MR) is 44.9 cm³/mol. The van der Waals surface area contributed by atoms with E-state index in [-0.39, 0.29) is 12.4 Å². The van der Waals surface area contributed by atoms with Gasteiger partial charge in [0, 0.05) is 6.04 Å². The van der Waals surface area contributed by atoms with Gasteiger partial charge in [-0.2, -0.15) is 0 Å². The number of rotatable bonds is 2. The third kappa shape index (κ3) is 4.73. The Bertz CT molecular complexity index is 53.9. The van der Waals surface area contributed by atoms with E-state index in [1.165, 1.54) is 0 Å². The Morgan fingerprint density at radius 2 is 1.11 bits per heavy atom. The van der Waals surface area contributed by atoms with E-state index in [0.717, 1.165) is 0 Å². The number of hydrogen-bond acceptors (Lipinski definition) is 1. The molecule has 0 fully saturated rings. The van der Waals surface area contributed by atoms with Gasteiger partial charge in [0.1, 0.15) is 0 Å². The molecule has 0 aromatic heterocycles. The van der Waals surface area contributed by atoms with Gasteiger partial charge in [-0.3, -0.25) is 0 Å². The zero-order valence-electron chi connectivity index (χ0n) is 6.72. The van der Waals surface area contributed by atoms with Gasteiger partial charge in [-0.25, -0.2) is 0 Å². The largest absolute Gasteiger partial charge is 0.327 e. The van der Waals surface area contributed by atoms with Crippen molar-refractivity contribution in [2.45, 2.75) is 33.7 Å². The van der Waals surface area contributed by atoms with Gasteiger partial charge in [-0.05, 0) is 11.8 Å². The summed E-state index contributed by atoms with van der Waals surface area (Å²) >= 11 is 0. The van der Waals surface area contributed by atoms with Crippen LogP contribution in [0, 0.1) is 11.8 Å². The molecule has 0 rings (SSSR count). The second-order valence-corrected chi connectivity index (χ2v) is 3.07. The minimum absolute atomic E-state index is 0. The van der Waals surface area contributed by atoms with Crippen molar-refractivity contribution in [1.29, 1.82) is 0 Å². The summed E-state index contributed by atoms with van der Waals surface area (Å²) in [6.07, 6.45) is 0. The summed E-state index contributed by atoms with van der Waals surface area (Å²) in [5.41, 5.74) is 5.76. The lowest BCUT2D eigenvalue weighted by Gasteiger charge is -2.18. The maximum absolute atomic E-state index is 5.76. The van der Waals surface area contributed by atoms with E-state index in [1.807, 2.05) is 0 Å². The van der Waals surface area contributed by atoms with Crippen LogP contribution in [0.15, 0.2) is 0 Å². The molecule has 0 aromatic carbocycles. The lowest BCUT2D eigenvalue weighted by atomic mass is 9.95. The molecule has 0 aromatic rings. The van der Waals surface area contributed by atoms with Crippen LogP contribution in [-0.2, 0) is 0 Å². The summed E-state index contributed by atoms with van der Waals surface area (Å²) in [6, 6.07) is 0.370. The van der Waals surface area contributed by atoms with Crippen LogP contribution in [0.2, 0.25) is 0 Å². The topological polar surface area (TPSA) is 26.0 Å². The van der Waals surface area contributed by atoms with E-state index >= 15 is 0 Å². The summed E-state index contributed by atoms with van der Waals surface area (Å²) in [5.74, 6) is 1.24. The van der Waals surface area contributed by atoms with Crippen LogP contribution in [-0.4, -0.2) is 6.04 Å². The average molecular weight is 152 g/mol. The van der Waals surface area contributed by atoms with Crippen LogP contribution in [0.4, 0.5) is 0 Å². The highest BCUT2D eigenvalue weighted by atomic mass is 35.5. The number of hydrogen-bond donors (Lipinski definition) is 1. The van der Waals surface area contributed by atoms with Gasteiger partial charge >= 0.3 is 0 Å². The van der Waals surface area contributed by atoms with Crippen molar-refractivity contribution >= 4 is 12.4 Å². The smallest absolute Gasteiger partial charge is 0.00851 e. The monoisotopic (exact) mass is 151 g/mol. The van der Waals surface area contributed by atoms with Gasteiger partial charge in [0.25, 0.3) is 0 Å². The average Bonchev–Trinajstić information content (AvgIpc) is 1.64. The maximum Gasteiger partial charge on any atom is 0.00851 e. The van der Waals surface area contributed by atoms with Gasteiger partial charge in [-0.15, -0.1) is 12.4 Å². The van der Waals surface area contributed by atoms with E-state index < -0.39 is 0 Å². The van der Waals surface area contributed by atoms with Crippen LogP contribution in [0.3, 0.4) is 0 Å². The Labute approximate surface area is 64.4 Å². The first kappa shape index (κ1) is 12.0. The molecule has 0 bridgehead atoms. The molecule has 1 nitrogen and oxygen atoms in total. The highest BCUT2D eigenvalue weighted by Gasteiger charge is 2.10. The summed E-state index contributed by atoms with van der Waals surface area (Å²) in [4.78, 5) is 0. The van der Waals surface area contributed by atoms with E-state index in [2.05, 4.69) is 27.7 Å². The van der Waals surface area contributed by atoms with Gasteiger partial charge in [-0.1, -0.05) is 27.7 Å². The van der Waals surface area contributed by atoms with E-state index in [9.17, 15) is 0 Å². The first-order chi connectivity index (χ1) is 3.55. The van der Waals surface area contributed by atoms with E-state index in [1.54, 1.807) is 0 Å². The second-order valence-electron chi connectivity index (χ2n) is 3.07. The number of nitrogens with two attached hydrogens (primary N) is 1. The molecule has 0 atom stereocenters. The van der Waals surface area contributed by atoms with Crippen molar-refractivity contribution in [3.05, 3.63) is 0 Å². The molecule has 0 spiro atoms. The lowest BCUT2D eigenvalue weighted by molar-refractivity contribution is 0.386. The Kier molecular flexibility index (Phi) is 6.74. The first-order valence-corrected chi connectivity index (χ1v) is 3.31.